The number of carbonyl (C=O) groups is 4. The first-order valence-corrected chi connectivity index (χ1v) is 14.0. The molecule has 0 aliphatic rings. The number of alkyl carbamates (subject to hydrolysis) is 1. The fraction of sp³-hybridized carbons (Fsp3) is 0.484. The number of amides is 3. The summed E-state index contributed by atoms with van der Waals surface area (Å²) in [6.07, 6.45) is 2.61. The van der Waals surface area contributed by atoms with E-state index >= 15 is 0 Å². The smallest absolute Gasteiger partial charge is 0.408 e. The Labute approximate surface area is 237 Å². The van der Waals surface area contributed by atoms with Crippen LogP contribution in [-0.4, -0.2) is 48.9 Å². The maximum absolute atomic E-state index is 13.5. The highest BCUT2D eigenvalue weighted by molar-refractivity contribution is 5.92. The third kappa shape index (κ3) is 11.9. The number of benzene rings is 2. The van der Waals surface area contributed by atoms with Gasteiger partial charge in [-0.1, -0.05) is 76.6 Å². The van der Waals surface area contributed by atoms with E-state index in [0.29, 0.717) is 31.5 Å². The summed E-state index contributed by atoms with van der Waals surface area (Å²) >= 11 is 0. The number of carbonyl (C=O) groups excluding carboxylic acids is 4. The minimum atomic E-state index is -1.01. The second kappa shape index (κ2) is 17.7. The van der Waals surface area contributed by atoms with Gasteiger partial charge in [0.25, 0.3) is 0 Å². The van der Waals surface area contributed by atoms with E-state index < -0.39 is 36.0 Å². The molecule has 0 saturated carbocycles. The standard InChI is InChI=1S/C31H43N3O6/c1-5-10-25(20-35)32-29(36)27(18-22(3)4)33-30(37)28(19-23-13-15-26(16-14-23)39-17-6-2)34-31(38)40-21-24-11-8-7-9-12-24/h7-9,11-16,20,22,25,27-28H,5-6,10,17-19,21H2,1-4H3,(H,32,36)(H,33,37)(H,34,38)/t25-,27-,28-/m0/s1. The molecule has 9 heteroatoms. The van der Waals surface area contributed by atoms with Crippen LogP contribution in [0.25, 0.3) is 0 Å². The van der Waals surface area contributed by atoms with E-state index in [4.69, 9.17) is 9.47 Å². The first kappa shape index (κ1) is 32.3. The summed E-state index contributed by atoms with van der Waals surface area (Å²) in [5.74, 6) is -0.153. The zero-order valence-corrected chi connectivity index (χ0v) is 24.0. The second-order valence-electron chi connectivity index (χ2n) is 10.2. The normalized spacial score (nSPS) is 13.0. The maximum Gasteiger partial charge on any atom is 0.408 e. The SMILES string of the molecule is CCCOc1ccc(C[C@H](NC(=O)OCc2ccccc2)C(=O)N[C@@H](CC(C)C)C(=O)N[C@H](C=O)CCC)cc1. The van der Waals surface area contributed by atoms with Crippen LogP contribution in [-0.2, 0) is 32.1 Å². The average Bonchev–Trinajstić information content (AvgIpc) is 2.95. The number of hydrogen-bond donors (Lipinski definition) is 3. The molecule has 0 fully saturated rings. The summed E-state index contributed by atoms with van der Waals surface area (Å²) in [4.78, 5) is 50.6. The van der Waals surface area contributed by atoms with Gasteiger partial charge >= 0.3 is 6.09 Å². The van der Waals surface area contributed by atoms with Gasteiger partial charge in [0.15, 0.2) is 0 Å². The second-order valence-corrected chi connectivity index (χ2v) is 10.2. The van der Waals surface area contributed by atoms with E-state index in [-0.39, 0.29) is 18.9 Å². The predicted octanol–water partition coefficient (Wildman–Crippen LogP) is 4.33. The zero-order valence-electron chi connectivity index (χ0n) is 24.0. The van der Waals surface area contributed by atoms with Crippen molar-refractivity contribution in [1.29, 1.82) is 0 Å². The van der Waals surface area contributed by atoms with Crippen molar-refractivity contribution in [2.45, 2.75) is 84.5 Å². The third-order valence-corrected chi connectivity index (χ3v) is 6.09. The summed E-state index contributed by atoms with van der Waals surface area (Å²) in [5, 5.41) is 8.18. The first-order chi connectivity index (χ1) is 19.2. The summed E-state index contributed by atoms with van der Waals surface area (Å²) in [6.45, 7) is 8.47. The molecule has 0 saturated heterocycles. The van der Waals surface area contributed by atoms with Gasteiger partial charge in [-0.05, 0) is 48.4 Å². The van der Waals surface area contributed by atoms with E-state index in [0.717, 1.165) is 24.0 Å². The molecule has 0 bridgehead atoms. The van der Waals surface area contributed by atoms with Crippen LogP contribution in [0.1, 0.15) is 64.5 Å². The highest BCUT2D eigenvalue weighted by atomic mass is 16.5. The van der Waals surface area contributed by atoms with Crippen LogP contribution in [0, 0.1) is 5.92 Å². The Balaban J connectivity index is 2.18. The van der Waals surface area contributed by atoms with E-state index in [1.807, 2.05) is 82.3 Å². The molecule has 2 rings (SSSR count). The molecule has 218 valence electrons. The van der Waals surface area contributed by atoms with Gasteiger partial charge in [-0.2, -0.15) is 0 Å². The highest BCUT2D eigenvalue weighted by Crippen LogP contribution is 2.15. The molecule has 2 aromatic rings. The van der Waals surface area contributed by atoms with Crippen molar-refractivity contribution >= 4 is 24.2 Å². The maximum atomic E-state index is 13.5. The van der Waals surface area contributed by atoms with Crippen molar-refractivity contribution in [3.05, 3.63) is 65.7 Å². The quantitative estimate of drug-likeness (QED) is 0.251. The lowest BCUT2D eigenvalue weighted by Crippen LogP contribution is -2.56. The minimum absolute atomic E-state index is 0.0490. The number of rotatable bonds is 17. The molecule has 0 aromatic heterocycles. The molecule has 40 heavy (non-hydrogen) atoms. The fourth-order valence-corrected chi connectivity index (χ4v) is 4.04. The van der Waals surface area contributed by atoms with Crippen molar-refractivity contribution in [2.24, 2.45) is 5.92 Å². The Morgan fingerprint density at radius 2 is 1.50 bits per heavy atom. The van der Waals surface area contributed by atoms with E-state index in [1.54, 1.807) is 0 Å². The molecule has 0 radical (unpaired) electrons. The van der Waals surface area contributed by atoms with Crippen LogP contribution >= 0.6 is 0 Å². The van der Waals surface area contributed by atoms with Gasteiger partial charge in [0, 0.05) is 6.42 Å². The van der Waals surface area contributed by atoms with E-state index in [1.165, 1.54) is 0 Å². The Bertz CT molecular complexity index is 1060. The van der Waals surface area contributed by atoms with Gasteiger partial charge in [0.05, 0.1) is 12.6 Å². The lowest BCUT2D eigenvalue weighted by atomic mass is 10.0. The lowest BCUT2D eigenvalue weighted by molar-refractivity contribution is -0.131. The van der Waals surface area contributed by atoms with Crippen molar-refractivity contribution < 1.29 is 28.7 Å². The zero-order chi connectivity index (χ0) is 29.3. The Morgan fingerprint density at radius 1 is 0.825 bits per heavy atom. The number of aldehydes is 1. The molecule has 9 nitrogen and oxygen atoms in total. The van der Waals surface area contributed by atoms with Crippen LogP contribution < -0.4 is 20.7 Å². The van der Waals surface area contributed by atoms with Gasteiger partial charge < -0.3 is 30.2 Å². The molecule has 0 spiro atoms. The minimum Gasteiger partial charge on any atom is -0.494 e. The fourth-order valence-electron chi connectivity index (χ4n) is 4.04. The third-order valence-electron chi connectivity index (χ3n) is 6.09. The average molecular weight is 554 g/mol. The van der Waals surface area contributed by atoms with Crippen molar-refractivity contribution in [2.75, 3.05) is 6.61 Å². The van der Waals surface area contributed by atoms with Crippen molar-refractivity contribution in [3.8, 4) is 5.75 Å². The van der Waals surface area contributed by atoms with Crippen LogP contribution in [0.2, 0.25) is 0 Å². The Kier molecular flexibility index (Phi) is 14.3. The summed E-state index contributed by atoms with van der Waals surface area (Å²) in [7, 11) is 0. The number of ether oxygens (including phenoxy) is 2. The van der Waals surface area contributed by atoms with Gasteiger partial charge in [-0.25, -0.2) is 4.79 Å². The molecule has 2 aromatic carbocycles. The molecular weight excluding hydrogens is 510 g/mol. The Morgan fingerprint density at radius 3 is 2.10 bits per heavy atom. The van der Waals surface area contributed by atoms with Gasteiger partial charge in [-0.15, -0.1) is 0 Å². The first-order valence-electron chi connectivity index (χ1n) is 14.0. The highest BCUT2D eigenvalue weighted by Gasteiger charge is 2.29. The van der Waals surface area contributed by atoms with E-state index in [2.05, 4.69) is 16.0 Å². The van der Waals surface area contributed by atoms with Crippen molar-refractivity contribution in [3.63, 3.8) is 0 Å². The predicted molar refractivity (Wildman–Crippen MR) is 154 cm³/mol. The molecule has 0 aliphatic heterocycles. The van der Waals surface area contributed by atoms with Crippen LogP contribution in [0.4, 0.5) is 4.79 Å². The summed E-state index contributed by atoms with van der Waals surface area (Å²) in [6, 6.07) is 14.0. The van der Waals surface area contributed by atoms with E-state index in [9.17, 15) is 19.2 Å². The summed E-state index contributed by atoms with van der Waals surface area (Å²) < 4.78 is 11.0. The molecular formula is C31H43N3O6. The molecule has 0 unspecified atom stereocenters. The largest absolute Gasteiger partial charge is 0.494 e. The number of hydrogen-bond acceptors (Lipinski definition) is 6. The van der Waals surface area contributed by atoms with Crippen molar-refractivity contribution in [1.82, 2.24) is 16.0 Å². The van der Waals surface area contributed by atoms with Crippen LogP contribution in [0.15, 0.2) is 54.6 Å². The van der Waals surface area contributed by atoms with Gasteiger partial charge in [0.2, 0.25) is 11.8 Å². The van der Waals surface area contributed by atoms with Crippen LogP contribution in [0.3, 0.4) is 0 Å². The van der Waals surface area contributed by atoms with Gasteiger partial charge in [0.1, 0.15) is 30.7 Å². The lowest BCUT2D eigenvalue weighted by Gasteiger charge is -2.25. The monoisotopic (exact) mass is 553 g/mol. The Hall–Kier alpha value is -3.88. The number of nitrogens with one attached hydrogen (secondary N) is 3. The summed E-state index contributed by atoms with van der Waals surface area (Å²) in [5.41, 5.74) is 1.60. The molecule has 3 N–H and O–H groups in total. The van der Waals surface area contributed by atoms with Crippen LogP contribution in [0.5, 0.6) is 5.75 Å². The molecule has 0 heterocycles. The molecule has 0 aliphatic carbocycles. The topological polar surface area (TPSA) is 123 Å². The molecule has 3 amide bonds. The molecule has 3 atom stereocenters. The van der Waals surface area contributed by atoms with Gasteiger partial charge in [-0.3, -0.25) is 9.59 Å².